The van der Waals surface area contributed by atoms with Gasteiger partial charge in [-0.2, -0.15) is 0 Å². The molecule has 2 rings (SSSR count). The van der Waals surface area contributed by atoms with Crippen LogP contribution in [-0.4, -0.2) is 5.88 Å². The van der Waals surface area contributed by atoms with Crippen molar-refractivity contribution in [1.82, 2.24) is 0 Å². The number of rotatable bonds is 4. The fraction of sp³-hybridized carbons (Fsp3) is 1.00. The van der Waals surface area contributed by atoms with Gasteiger partial charge in [-0.05, 0) is 48.9 Å². The molecule has 2 saturated carbocycles. The van der Waals surface area contributed by atoms with Gasteiger partial charge in [0, 0.05) is 5.88 Å². The Morgan fingerprint density at radius 3 is 2.64 bits per heavy atom. The Bertz CT molecular complexity index is 201. The summed E-state index contributed by atoms with van der Waals surface area (Å²) in [6.45, 7) is 4.69. The molecule has 1 heteroatoms. The predicted octanol–water partition coefficient (Wildman–Crippen LogP) is 4.47. The second-order valence-corrected chi connectivity index (χ2v) is 6.06. The third-order valence-corrected chi connectivity index (χ3v) is 5.35. The van der Waals surface area contributed by atoms with Crippen molar-refractivity contribution in [1.29, 1.82) is 0 Å². The summed E-state index contributed by atoms with van der Waals surface area (Å²) in [5.41, 5.74) is 0.542. The van der Waals surface area contributed by atoms with Crippen LogP contribution >= 0.6 is 11.6 Å². The number of hydrogen-bond donors (Lipinski definition) is 0. The van der Waals surface area contributed by atoms with Crippen molar-refractivity contribution < 1.29 is 0 Å². The van der Waals surface area contributed by atoms with E-state index < -0.39 is 0 Å². The second-order valence-electron chi connectivity index (χ2n) is 5.79. The highest BCUT2D eigenvalue weighted by Gasteiger charge is 2.50. The molecular weight excluding hydrogens is 192 g/mol. The van der Waals surface area contributed by atoms with Gasteiger partial charge in [-0.1, -0.05) is 26.7 Å². The number of halogens is 1. The summed E-state index contributed by atoms with van der Waals surface area (Å²) in [7, 11) is 0. The lowest BCUT2D eigenvalue weighted by Gasteiger charge is -2.38. The molecule has 0 saturated heterocycles. The molecule has 0 aromatic carbocycles. The van der Waals surface area contributed by atoms with E-state index in [-0.39, 0.29) is 0 Å². The molecule has 0 N–H and O–H groups in total. The fourth-order valence-electron chi connectivity index (χ4n) is 3.86. The van der Waals surface area contributed by atoms with Gasteiger partial charge in [0.05, 0.1) is 0 Å². The van der Waals surface area contributed by atoms with Gasteiger partial charge in [0.1, 0.15) is 0 Å². The van der Waals surface area contributed by atoms with Crippen LogP contribution in [0.25, 0.3) is 0 Å². The molecule has 4 atom stereocenters. The highest BCUT2D eigenvalue weighted by molar-refractivity contribution is 6.18. The van der Waals surface area contributed by atoms with Crippen LogP contribution in [0.4, 0.5) is 0 Å². The van der Waals surface area contributed by atoms with E-state index in [2.05, 4.69) is 13.8 Å². The van der Waals surface area contributed by atoms with E-state index in [4.69, 9.17) is 11.6 Å². The molecule has 0 radical (unpaired) electrons. The third kappa shape index (κ3) is 1.71. The summed E-state index contributed by atoms with van der Waals surface area (Å²) in [4.78, 5) is 0. The van der Waals surface area contributed by atoms with Crippen LogP contribution in [-0.2, 0) is 0 Å². The topological polar surface area (TPSA) is 0 Å². The van der Waals surface area contributed by atoms with E-state index in [0.29, 0.717) is 5.41 Å². The molecule has 0 nitrogen and oxygen atoms in total. The van der Waals surface area contributed by atoms with Crippen molar-refractivity contribution in [3.05, 3.63) is 0 Å². The average Bonchev–Trinajstić information content (AvgIpc) is 2.77. The summed E-state index contributed by atoms with van der Waals surface area (Å²) in [6, 6.07) is 0. The molecule has 2 bridgehead atoms. The molecule has 0 heterocycles. The van der Waals surface area contributed by atoms with Gasteiger partial charge in [0.15, 0.2) is 0 Å². The first-order valence-electron chi connectivity index (χ1n) is 6.26. The summed E-state index contributed by atoms with van der Waals surface area (Å²) in [5, 5.41) is 0. The molecule has 0 aromatic heterocycles. The smallest absolute Gasteiger partial charge is 0.0282 e. The Morgan fingerprint density at radius 2 is 2.21 bits per heavy atom. The second kappa shape index (κ2) is 4.04. The average molecular weight is 215 g/mol. The number of fused-ring (bicyclic) bond motifs is 2. The summed E-state index contributed by atoms with van der Waals surface area (Å²) in [6.07, 6.45) is 8.58. The molecule has 14 heavy (non-hydrogen) atoms. The van der Waals surface area contributed by atoms with Crippen LogP contribution in [0.3, 0.4) is 0 Å². The molecule has 2 aliphatic rings. The normalized spacial score (nSPS) is 43.1. The monoisotopic (exact) mass is 214 g/mol. The quantitative estimate of drug-likeness (QED) is 0.606. The largest absolute Gasteiger partial charge is 0.126 e. The summed E-state index contributed by atoms with van der Waals surface area (Å²) >= 11 is 6.26. The van der Waals surface area contributed by atoms with E-state index in [0.717, 1.165) is 23.6 Å². The van der Waals surface area contributed by atoms with Crippen LogP contribution < -0.4 is 0 Å². The van der Waals surface area contributed by atoms with Crippen molar-refractivity contribution in [2.75, 3.05) is 5.88 Å². The molecule has 4 unspecified atom stereocenters. The molecule has 0 spiro atoms. The molecule has 2 fully saturated rings. The number of hydrogen-bond acceptors (Lipinski definition) is 0. The Hall–Kier alpha value is 0.290. The first-order chi connectivity index (χ1) is 6.70. The predicted molar refractivity (Wildman–Crippen MR) is 62.7 cm³/mol. The lowest BCUT2D eigenvalue weighted by Crippen LogP contribution is -2.31. The van der Waals surface area contributed by atoms with E-state index in [1.165, 1.54) is 38.5 Å². The van der Waals surface area contributed by atoms with Gasteiger partial charge in [0.25, 0.3) is 0 Å². The lowest BCUT2D eigenvalue weighted by molar-refractivity contribution is 0.149. The van der Waals surface area contributed by atoms with Crippen LogP contribution in [0.2, 0.25) is 0 Å². The zero-order valence-electron chi connectivity index (χ0n) is 9.56. The molecule has 0 aliphatic heterocycles. The van der Waals surface area contributed by atoms with Gasteiger partial charge in [-0.25, -0.2) is 0 Å². The summed E-state index contributed by atoms with van der Waals surface area (Å²) < 4.78 is 0. The van der Waals surface area contributed by atoms with Crippen molar-refractivity contribution in [3.63, 3.8) is 0 Å². The highest BCUT2D eigenvalue weighted by Crippen LogP contribution is 2.59. The van der Waals surface area contributed by atoms with Crippen molar-refractivity contribution in [2.24, 2.45) is 23.2 Å². The molecule has 82 valence electrons. The van der Waals surface area contributed by atoms with E-state index in [1.54, 1.807) is 0 Å². The Kier molecular flexibility index (Phi) is 3.12. The fourth-order valence-corrected chi connectivity index (χ4v) is 4.30. The maximum absolute atomic E-state index is 6.26. The minimum Gasteiger partial charge on any atom is -0.126 e. The SMILES string of the molecule is CCC(C)CC1(CCl)CC2CCC1C2. The number of alkyl halides is 1. The first kappa shape index (κ1) is 10.8. The van der Waals surface area contributed by atoms with Gasteiger partial charge in [0.2, 0.25) is 0 Å². The van der Waals surface area contributed by atoms with Crippen molar-refractivity contribution >= 4 is 11.6 Å². The van der Waals surface area contributed by atoms with Crippen LogP contribution in [0.15, 0.2) is 0 Å². The molecule has 0 amide bonds. The van der Waals surface area contributed by atoms with Gasteiger partial charge < -0.3 is 0 Å². The van der Waals surface area contributed by atoms with Crippen molar-refractivity contribution in [3.8, 4) is 0 Å². The Balaban J connectivity index is 2.03. The van der Waals surface area contributed by atoms with Crippen molar-refractivity contribution in [2.45, 2.75) is 52.4 Å². The molecule has 0 aromatic rings. The van der Waals surface area contributed by atoms with Gasteiger partial charge in [-0.15, -0.1) is 11.6 Å². The lowest BCUT2D eigenvalue weighted by atomic mass is 9.69. The standard InChI is InChI=1S/C13H23Cl/c1-3-10(2)7-13(9-14)8-11-4-5-12(13)6-11/h10-12H,3-9H2,1-2H3. The van der Waals surface area contributed by atoms with Gasteiger partial charge in [-0.3, -0.25) is 0 Å². The first-order valence-corrected chi connectivity index (χ1v) is 6.79. The third-order valence-electron chi connectivity index (χ3n) is 4.82. The molecular formula is C13H23Cl. The zero-order valence-corrected chi connectivity index (χ0v) is 10.3. The highest BCUT2D eigenvalue weighted by atomic mass is 35.5. The van der Waals surface area contributed by atoms with E-state index in [1.807, 2.05) is 0 Å². The Morgan fingerprint density at radius 1 is 1.43 bits per heavy atom. The minimum atomic E-state index is 0.542. The van der Waals surface area contributed by atoms with Gasteiger partial charge >= 0.3 is 0 Å². The minimum absolute atomic E-state index is 0.542. The van der Waals surface area contributed by atoms with Crippen LogP contribution in [0, 0.1) is 23.2 Å². The van der Waals surface area contributed by atoms with E-state index in [9.17, 15) is 0 Å². The maximum atomic E-state index is 6.26. The maximum Gasteiger partial charge on any atom is 0.0282 e. The van der Waals surface area contributed by atoms with Crippen LogP contribution in [0.1, 0.15) is 52.4 Å². The molecule has 2 aliphatic carbocycles. The Labute approximate surface area is 93.4 Å². The van der Waals surface area contributed by atoms with E-state index >= 15 is 0 Å². The summed E-state index contributed by atoms with van der Waals surface area (Å²) in [5.74, 6) is 3.79. The van der Waals surface area contributed by atoms with Crippen LogP contribution in [0.5, 0.6) is 0 Å². The zero-order chi connectivity index (χ0) is 10.2.